The van der Waals surface area contributed by atoms with E-state index < -0.39 is 5.82 Å². The topological polar surface area (TPSA) is 26.3 Å². The van der Waals surface area contributed by atoms with Gasteiger partial charge in [-0.25, -0.2) is 0 Å². The third kappa shape index (κ3) is 16.2. The van der Waals surface area contributed by atoms with Gasteiger partial charge in [0, 0.05) is 0 Å². The summed E-state index contributed by atoms with van der Waals surface area (Å²) in [6, 6.07) is 0. The summed E-state index contributed by atoms with van der Waals surface area (Å²) in [5, 5.41) is 0. The van der Waals surface area contributed by atoms with E-state index in [1.54, 1.807) is 0 Å². The van der Waals surface area contributed by atoms with Crippen LogP contribution < -0.4 is 0 Å². The Bertz CT molecular complexity index is 177. The number of carbonyl (C=O) groups excluding carboxylic acids is 1. The molecule has 0 radical (unpaired) electrons. The van der Waals surface area contributed by atoms with Crippen LogP contribution in [0.5, 0.6) is 0 Å². The van der Waals surface area contributed by atoms with Crippen molar-refractivity contribution in [1.82, 2.24) is 0 Å². The molecule has 11 heavy (non-hydrogen) atoms. The monoisotopic (exact) mass is 487 g/mol. The van der Waals surface area contributed by atoms with E-state index in [0.29, 0.717) is 0 Å². The number of hydrogen-bond donors (Lipinski definition) is 0. The summed E-state index contributed by atoms with van der Waals surface area (Å²) in [5.74, 6) is -6.91. The summed E-state index contributed by atoms with van der Waals surface area (Å²) >= 11 is 0. The fourth-order valence-corrected chi connectivity index (χ4v) is 1.89. The van der Waals surface area contributed by atoms with Gasteiger partial charge in [-0.3, -0.25) is 0 Å². The van der Waals surface area contributed by atoms with Crippen LogP contribution in [0.3, 0.4) is 0 Å². The molecule has 2 nitrogen and oxygen atoms in total. The Hall–Kier alpha value is 3.48. The third-order valence-electron chi connectivity index (χ3n) is 0.223. The zero-order valence-electron chi connectivity index (χ0n) is 4.02. The van der Waals surface area contributed by atoms with E-state index in [2.05, 4.69) is 3.53 Å². The first-order chi connectivity index (χ1) is 3.74. The van der Waals surface area contributed by atoms with Crippen molar-refractivity contribution >= 4 is 116 Å². The minimum absolute atomic E-state index is 0. The van der Waals surface area contributed by atoms with Gasteiger partial charge < -0.3 is 0 Å². The molecule has 0 aromatic heterocycles. The molecule has 10 heteroatoms. The van der Waals surface area contributed by atoms with Crippen LogP contribution in [0, 0.1) is 0 Å². The Balaban J connectivity index is 0. The molecular formula is CH2Cl6KO2Os. The molecule has 0 saturated heterocycles. The Morgan fingerprint density at radius 3 is 1.27 bits per heavy atom. The molecule has 0 atom stereocenters. The van der Waals surface area contributed by atoms with Crippen molar-refractivity contribution in [3.63, 3.8) is 0 Å². The fraction of sp³-hybridized carbons (Fsp3) is 0. The minimum atomic E-state index is -6.91. The quantitative estimate of drug-likeness (QED) is 0.442. The molecule has 69 valence electrons. The van der Waals surface area contributed by atoms with E-state index in [1.807, 2.05) is 0 Å². The van der Waals surface area contributed by atoms with E-state index in [-0.39, 0.29) is 57.9 Å². The molecule has 0 bridgehead atoms. The molecule has 0 amide bonds. The van der Waals surface area contributed by atoms with Crippen LogP contribution >= 0.6 is 57.8 Å². The van der Waals surface area contributed by atoms with E-state index >= 15 is 0 Å². The number of hydrogen-bond acceptors (Lipinski definition) is 2. The van der Waals surface area contributed by atoms with E-state index in [0.717, 1.165) is 0 Å². The molecule has 0 unspecified atom stereocenters. The van der Waals surface area contributed by atoms with Crippen molar-refractivity contribution in [2.75, 3.05) is 0 Å². The molecule has 0 aromatic carbocycles. The predicted molar refractivity (Wildman–Crippen MR) is 49.4 cm³/mol. The number of rotatable bonds is 2. The number of carbonyl (C=O) groups is 1. The summed E-state index contributed by atoms with van der Waals surface area (Å²) in [4.78, 5) is 9.75. The van der Waals surface area contributed by atoms with Crippen LogP contribution in [0.25, 0.3) is 0 Å². The van der Waals surface area contributed by atoms with Crippen LogP contribution in [0.4, 0.5) is 0 Å². The van der Waals surface area contributed by atoms with Crippen molar-refractivity contribution < 1.29 is 14.1 Å². The van der Waals surface area contributed by atoms with Gasteiger partial charge in [0.05, 0.1) is 0 Å². The van der Waals surface area contributed by atoms with Crippen LogP contribution in [0.2, 0.25) is 0 Å². The molecule has 0 aliphatic carbocycles. The molecule has 0 aliphatic rings. The van der Waals surface area contributed by atoms with Gasteiger partial charge in [-0.1, -0.05) is 0 Å². The second kappa shape index (κ2) is 3.00. The van der Waals surface area contributed by atoms with E-state index in [4.69, 9.17) is 57.8 Å². The molecule has 0 N–H and O–H groups in total. The van der Waals surface area contributed by atoms with Crippen molar-refractivity contribution in [3.05, 3.63) is 0 Å². The molecule has 0 aromatic rings. The average Bonchev–Trinajstić information content (AvgIpc) is 1.19. The zero-order valence-corrected chi connectivity index (χ0v) is 11.1. The Kier molecular flexibility index (Phi) is 4.60. The van der Waals surface area contributed by atoms with Crippen LogP contribution in [0.15, 0.2) is 0 Å². The summed E-state index contributed by atoms with van der Waals surface area (Å²) in [5.41, 5.74) is 0. The van der Waals surface area contributed by atoms with Gasteiger partial charge in [-0.2, -0.15) is 0 Å². The van der Waals surface area contributed by atoms with Crippen LogP contribution in [-0.2, 0) is 14.1 Å². The zero-order chi connectivity index (χ0) is 8.79. The van der Waals surface area contributed by atoms with Crippen molar-refractivity contribution in [2.24, 2.45) is 0 Å². The summed E-state index contributed by atoms with van der Waals surface area (Å²) in [6.07, 6.45) is 0. The molecule has 0 spiro atoms. The van der Waals surface area contributed by atoms with Crippen LogP contribution in [-0.4, -0.2) is 57.9 Å². The first kappa shape index (κ1) is 16.9. The summed E-state index contributed by atoms with van der Waals surface area (Å²) < 4.78 is 3.89. The second-order valence-electron chi connectivity index (χ2n) is 1.26. The van der Waals surface area contributed by atoms with Gasteiger partial charge in [-0.15, -0.1) is 0 Å². The Morgan fingerprint density at radius 2 is 1.27 bits per heavy atom. The van der Waals surface area contributed by atoms with Gasteiger partial charge in [0.15, 0.2) is 0 Å². The van der Waals surface area contributed by atoms with Gasteiger partial charge in [0.1, 0.15) is 0 Å². The molecule has 0 rings (SSSR count). The Morgan fingerprint density at radius 1 is 1.00 bits per heavy atom. The third-order valence-corrected chi connectivity index (χ3v) is 4.92. The maximum atomic E-state index is 9.75. The van der Waals surface area contributed by atoms with Crippen molar-refractivity contribution in [2.45, 2.75) is 0 Å². The van der Waals surface area contributed by atoms with Crippen LogP contribution in [0.1, 0.15) is 0 Å². The molecule has 0 heterocycles. The first-order valence-electron chi connectivity index (χ1n) is 1.42. The summed E-state index contributed by atoms with van der Waals surface area (Å²) in [6.45, 7) is -0.224. The van der Waals surface area contributed by atoms with Crippen molar-refractivity contribution in [3.8, 4) is 0 Å². The first-order valence-corrected chi connectivity index (χ1v) is 21.3. The second-order valence-corrected chi connectivity index (χ2v) is 64.6. The number of halogens is 6. The van der Waals surface area contributed by atoms with Gasteiger partial charge in [0.2, 0.25) is 0 Å². The average molecular weight is 488 g/mol. The van der Waals surface area contributed by atoms with Gasteiger partial charge >= 0.3 is 130 Å². The van der Waals surface area contributed by atoms with Gasteiger partial charge in [-0.05, 0) is 0 Å². The molecule has 0 saturated carbocycles. The molecule has 0 fully saturated rings. The Labute approximate surface area is 127 Å². The van der Waals surface area contributed by atoms with Crippen molar-refractivity contribution in [1.29, 1.82) is 0 Å². The summed E-state index contributed by atoms with van der Waals surface area (Å²) in [7, 11) is 30.9. The SMILES string of the molecule is O=C[O][Os]([Cl])([Cl])([Cl])([Cl])([Cl])[Cl].[KH]. The standard InChI is InChI=1S/CH2O2.6ClH.K.Os.H/c2-1-3;;;;;;;;;/h1H,(H,2,3);6*1H;;;/q;;;;;;;;+7;/p-7. The van der Waals surface area contributed by atoms with E-state index in [9.17, 15) is 4.79 Å². The normalized spacial score (nSPS) is 21.1. The predicted octanol–water partition coefficient (Wildman–Crippen LogP) is 3.11. The molecular weight excluding hydrogens is 486 g/mol. The van der Waals surface area contributed by atoms with E-state index in [1.165, 1.54) is 0 Å². The maximum absolute atomic E-state index is 9.75. The molecule has 0 aliphatic heterocycles. The fourth-order valence-electron chi connectivity index (χ4n) is 0.0772. The van der Waals surface area contributed by atoms with Gasteiger partial charge in [0.25, 0.3) is 0 Å².